The Morgan fingerprint density at radius 3 is 2.36 bits per heavy atom. The number of hydrogen-bond donors (Lipinski definition) is 0. The summed E-state index contributed by atoms with van der Waals surface area (Å²) in [4.78, 5) is 14.5. The van der Waals surface area contributed by atoms with Crippen molar-refractivity contribution in [1.29, 1.82) is 0 Å². The number of nitro groups is 1. The van der Waals surface area contributed by atoms with E-state index in [1.54, 1.807) is 4.90 Å². The van der Waals surface area contributed by atoms with Crippen LogP contribution in [0.25, 0.3) is 0 Å². The van der Waals surface area contributed by atoms with Crippen molar-refractivity contribution in [2.24, 2.45) is 0 Å². The molecule has 1 heterocycles. The third-order valence-corrected chi connectivity index (χ3v) is 5.08. The van der Waals surface area contributed by atoms with Crippen LogP contribution in [0.4, 0.5) is 4.39 Å². The highest BCUT2D eigenvalue weighted by Gasteiger charge is 2.59. The third-order valence-electron chi connectivity index (χ3n) is 4.02. The van der Waals surface area contributed by atoms with Gasteiger partial charge in [-0.05, 0) is 23.0 Å². The average Bonchev–Trinajstić information content (AvgIpc) is 2.50. The van der Waals surface area contributed by atoms with E-state index in [-0.39, 0.29) is 11.4 Å². The summed E-state index contributed by atoms with van der Waals surface area (Å²) in [6, 6.07) is 0. The Kier molecular flexibility index (Phi) is 4.90. The lowest BCUT2D eigenvalue weighted by molar-refractivity contribution is -0.421. The highest BCUT2D eigenvalue weighted by Crippen LogP contribution is 2.47. The van der Waals surface area contributed by atoms with Crippen LogP contribution in [0.15, 0.2) is 23.5 Å². The highest BCUT2D eigenvalue weighted by molar-refractivity contribution is 9.10. The van der Waals surface area contributed by atoms with Crippen molar-refractivity contribution in [2.75, 3.05) is 47.4 Å². The Morgan fingerprint density at radius 2 is 1.91 bits per heavy atom. The van der Waals surface area contributed by atoms with Gasteiger partial charge >= 0.3 is 0 Å². The summed E-state index contributed by atoms with van der Waals surface area (Å²) in [5, 5.41) is 11.2. The second kappa shape index (κ2) is 6.23. The lowest BCUT2D eigenvalue weighted by Crippen LogP contribution is -2.57. The number of allylic oxidation sites excluding steroid dienone is 1. The Hall–Kier alpha value is -1.03. The van der Waals surface area contributed by atoms with Crippen molar-refractivity contribution >= 4 is 15.9 Å². The molecule has 2 atom stereocenters. The van der Waals surface area contributed by atoms with E-state index in [0.717, 1.165) is 19.2 Å². The molecule has 0 radical (unpaired) electrons. The van der Waals surface area contributed by atoms with Crippen molar-refractivity contribution in [2.45, 2.75) is 10.4 Å². The minimum Gasteiger partial charge on any atom is -0.367 e. The smallest absolute Gasteiger partial charge is 0.293 e. The van der Waals surface area contributed by atoms with Crippen LogP contribution in [0.5, 0.6) is 0 Å². The molecule has 0 saturated carbocycles. The second-order valence-electron chi connectivity index (χ2n) is 5.29. The molecule has 0 spiro atoms. The number of piperazine rings is 1. The molecule has 22 heavy (non-hydrogen) atoms. The minimum atomic E-state index is -2.36. The third kappa shape index (κ3) is 2.78. The Balaban J connectivity index is 2.46. The van der Waals surface area contributed by atoms with Crippen molar-refractivity contribution < 1.29 is 18.8 Å². The monoisotopic (exact) mass is 379 g/mol. The summed E-state index contributed by atoms with van der Waals surface area (Å²) in [6.07, 6.45) is 2.30. The zero-order chi connectivity index (χ0) is 16.5. The van der Waals surface area contributed by atoms with E-state index >= 15 is 4.39 Å². The van der Waals surface area contributed by atoms with Crippen LogP contribution < -0.4 is 0 Å². The van der Waals surface area contributed by atoms with Gasteiger partial charge < -0.3 is 19.3 Å². The summed E-state index contributed by atoms with van der Waals surface area (Å²) < 4.78 is 24.0. The molecule has 1 saturated heterocycles. The van der Waals surface area contributed by atoms with E-state index in [2.05, 4.69) is 20.8 Å². The summed E-state index contributed by atoms with van der Waals surface area (Å²) >= 11 is 3.12. The van der Waals surface area contributed by atoms with Crippen molar-refractivity contribution in [3.8, 4) is 0 Å². The van der Waals surface area contributed by atoms with E-state index in [1.165, 1.54) is 20.3 Å². The molecular formula is C13H19BrFN3O4. The van der Waals surface area contributed by atoms with Crippen LogP contribution in [0.2, 0.25) is 0 Å². The largest absolute Gasteiger partial charge is 0.367 e. The standard InChI is InChI=1S/C13H19BrFN3O4/c1-16-4-6-17(7-5-16)11-8-10(18(19)20)9-12(14,21-2)13(11,15)22-3/h8-9H,4-7H2,1-3H3. The van der Waals surface area contributed by atoms with Gasteiger partial charge in [0.05, 0.1) is 10.6 Å². The fraction of sp³-hybridized carbons (Fsp3) is 0.692. The van der Waals surface area contributed by atoms with Gasteiger partial charge in [-0.2, -0.15) is 0 Å². The predicted octanol–water partition coefficient (Wildman–Crippen LogP) is 1.34. The number of halogens is 2. The molecule has 2 rings (SSSR count). The van der Waals surface area contributed by atoms with Gasteiger partial charge in [0.2, 0.25) is 4.51 Å². The van der Waals surface area contributed by atoms with Gasteiger partial charge in [-0.15, -0.1) is 0 Å². The summed E-state index contributed by atoms with van der Waals surface area (Å²) in [5.41, 5.74) is -0.144. The number of methoxy groups -OCH3 is 2. The Morgan fingerprint density at radius 1 is 1.32 bits per heavy atom. The van der Waals surface area contributed by atoms with Crippen LogP contribution in [0.1, 0.15) is 0 Å². The van der Waals surface area contributed by atoms with E-state index in [0.29, 0.717) is 13.1 Å². The zero-order valence-electron chi connectivity index (χ0n) is 12.7. The van der Waals surface area contributed by atoms with Gasteiger partial charge in [0, 0.05) is 52.6 Å². The molecule has 0 N–H and O–H groups in total. The van der Waals surface area contributed by atoms with Gasteiger partial charge in [0.15, 0.2) is 0 Å². The van der Waals surface area contributed by atoms with Crippen LogP contribution in [0.3, 0.4) is 0 Å². The first kappa shape index (κ1) is 17.3. The topological polar surface area (TPSA) is 68.1 Å². The van der Waals surface area contributed by atoms with Gasteiger partial charge in [0.1, 0.15) is 0 Å². The molecule has 1 fully saturated rings. The fourth-order valence-electron chi connectivity index (χ4n) is 2.61. The number of nitrogens with zero attached hydrogens (tertiary/aromatic N) is 3. The maximum Gasteiger partial charge on any atom is 0.293 e. The molecule has 0 bridgehead atoms. The molecule has 0 aromatic heterocycles. The number of rotatable bonds is 4. The molecule has 2 aliphatic rings. The van der Waals surface area contributed by atoms with Gasteiger partial charge in [0.25, 0.3) is 11.6 Å². The lowest BCUT2D eigenvalue weighted by Gasteiger charge is -2.45. The second-order valence-corrected chi connectivity index (χ2v) is 6.47. The van der Waals surface area contributed by atoms with Crippen LogP contribution in [0, 0.1) is 10.1 Å². The van der Waals surface area contributed by atoms with E-state index in [9.17, 15) is 10.1 Å². The van der Waals surface area contributed by atoms with Crippen molar-refractivity contribution in [1.82, 2.24) is 9.80 Å². The van der Waals surface area contributed by atoms with Crippen LogP contribution in [-0.2, 0) is 9.47 Å². The van der Waals surface area contributed by atoms with E-state index in [1.807, 2.05) is 7.05 Å². The first-order valence-corrected chi connectivity index (χ1v) is 7.57. The molecule has 1 aliphatic carbocycles. The van der Waals surface area contributed by atoms with Crippen molar-refractivity contribution in [3.63, 3.8) is 0 Å². The minimum absolute atomic E-state index is 0.0935. The molecule has 9 heteroatoms. The molecule has 0 aromatic carbocycles. The summed E-state index contributed by atoms with van der Waals surface area (Å²) in [5.74, 6) is -2.36. The van der Waals surface area contributed by atoms with Gasteiger partial charge in [-0.3, -0.25) is 10.1 Å². The number of alkyl halides is 2. The highest BCUT2D eigenvalue weighted by atomic mass is 79.9. The van der Waals surface area contributed by atoms with Crippen LogP contribution in [-0.4, -0.2) is 72.5 Å². The molecular weight excluding hydrogens is 361 g/mol. The lowest BCUT2D eigenvalue weighted by atomic mass is 9.97. The van der Waals surface area contributed by atoms with E-state index < -0.39 is 15.3 Å². The van der Waals surface area contributed by atoms with Crippen molar-refractivity contribution in [3.05, 3.63) is 33.7 Å². The first-order valence-electron chi connectivity index (χ1n) is 6.78. The zero-order valence-corrected chi connectivity index (χ0v) is 14.3. The number of likely N-dealkylation sites (N-methyl/N-ethyl adjacent to an activating group) is 1. The fourth-order valence-corrected chi connectivity index (χ4v) is 3.21. The normalized spacial score (nSPS) is 33.4. The first-order chi connectivity index (χ1) is 10.3. The predicted molar refractivity (Wildman–Crippen MR) is 81.7 cm³/mol. The van der Waals surface area contributed by atoms with Gasteiger partial charge in [-0.25, -0.2) is 4.39 Å². The summed E-state index contributed by atoms with van der Waals surface area (Å²) in [6.45, 7) is 2.57. The number of hydrogen-bond acceptors (Lipinski definition) is 6. The van der Waals surface area contributed by atoms with E-state index in [4.69, 9.17) is 9.47 Å². The molecule has 1 aliphatic heterocycles. The quantitative estimate of drug-likeness (QED) is 0.417. The Labute approximate surface area is 136 Å². The molecule has 0 aromatic rings. The number of ether oxygens (including phenoxy) is 2. The van der Waals surface area contributed by atoms with Gasteiger partial charge in [-0.1, -0.05) is 0 Å². The maximum absolute atomic E-state index is 15.5. The maximum atomic E-state index is 15.5. The molecule has 2 unspecified atom stereocenters. The SMILES string of the molecule is COC1(Br)C=C([N+](=O)[O-])C=C(N2CCN(C)CC2)C1(F)OC. The van der Waals surface area contributed by atoms with Crippen LogP contribution >= 0.6 is 15.9 Å². The molecule has 0 amide bonds. The Bertz CT molecular complexity index is 521. The average molecular weight is 380 g/mol. The molecule has 7 nitrogen and oxygen atoms in total. The summed E-state index contributed by atoms with van der Waals surface area (Å²) in [7, 11) is 4.45. The molecule has 124 valence electrons.